The van der Waals surface area contributed by atoms with Crippen molar-refractivity contribution in [2.45, 2.75) is 32.4 Å². The van der Waals surface area contributed by atoms with Gasteiger partial charge in [-0.1, -0.05) is 19.1 Å². The summed E-state index contributed by atoms with van der Waals surface area (Å²) in [5.41, 5.74) is 2.46. The summed E-state index contributed by atoms with van der Waals surface area (Å²) >= 11 is 0. The molecule has 0 bridgehead atoms. The molecule has 3 nitrogen and oxygen atoms in total. The molecule has 0 amide bonds. The second kappa shape index (κ2) is 6.62. The van der Waals surface area contributed by atoms with Gasteiger partial charge < -0.3 is 15.3 Å². The Bertz CT molecular complexity index is 317. The maximum atomic E-state index is 9.17. The van der Waals surface area contributed by atoms with Crippen molar-refractivity contribution in [1.29, 1.82) is 0 Å². The largest absolute Gasteiger partial charge is 0.395 e. The molecule has 0 aliphatic heterocycles. The van der Waals surface area contributed by atoms with Crippen LogP contribution in [0.5, 0.6) is 0 Å². The molecule has 1 aromatic carbocycles. The Hall–Kier alpha value is -1.06. The van der Waals surface area contributed by atoms with E-state index in [0.29, 0.717) is 0 Å². The summed E-state index contributed by atoms with van der Waals surface area (Å²) in [6.45, 7) is 4.40. The lowest BCUT2D eigenvalue weighted by molar-refractivity contribution is 0.230. The van der Waals surface area contributed by atoms with Crippen LogP contribution in [0.25, 0.3) is 0 Å². The molecule has 1 unspecified atom stereocenters. The van der Waals surface area contributed by atoms with E-state index < -0.39 is 0 Å². The first kappa shape index (κ1) is 14.0. The van der Waals surface area contributed by atoms with Gasteiger partial charge in [0.15, 0.2) is 0 Å². The first-order valence-corrected chi connectivity index (χ1v) is 6.22. The molecular formula is C14H24N2O. The van der Waals surface area contributed by atoms with E-state index in [2.05, 4.69) is 48.3 Å². The maximum absolute atomic E-state index is 9.17. The van der Waals surface area contributed by atoms with Crippen LogP contribution in [0.3, 0.4) is 0 Å². The Labute approximate surface area is 104 Å². The molecular weight excluding hydrogens is 212 g/mol. The van der Waals surface area contributed by atoms with E-state index >= 15 is 0 Å². The molecule has 0 heterocycles. The average molecular weight is 236 g/mol. The van der Waals surface area contributed by atoms with E-state index in [9.17, 15) is 0 Å². The molecule has 0 saturated heterocycles. The lowest BCUT2D eigenvalue weighted by Crippen LogP contribution is -2.33. The zero-order chi connectivity index (χ0) is 12.8. The van der Waals surface area contributed by atoms with Crippen LogP contribution in [0.2, 0.25) is 0 Å². The number of rotatable bonds is 6. The predicted octanol–water partition coefficient (Wildman–Crippen LogP) is 2.17. The number of benzene rings is 1. The van der Waals surface area contributed by atoms with Gasteiger partial charge in [0.05, 0.1) is 6.61 Å². The highest BCUT2D eigenvalue weighted by atomic mass is 16.3. The summed E-state index contributed by atoms with van der Waals surface area (Å²) < 4.78 is 0. The second-order valence-electron chi connectivity index (χ2n) is 4.66. The SMILES string of the molecule is CC[C@@H](CO)NC(C)c1ccc(N(C)C)cc1. The third-order valence-corrected chi connectivity index (χ3v) is 3.11. The Morgan fingerprint density at radius 3 is 2.24 bits per heavy atom. The maximum Gasteiger partial charge on any atom is 0.0584 e. The predicted molar refractivity (Wildman–Crippen MR) is 73.5 cm³/mol. The normalized spacial score (nSPS) is 14.4. The summed E-state index contributed by atoms with van der Waals surface area (Å²) in [6.07, 6.45) is 0.941. The van der Waals surface area contributed by atoms with E-state index in [4.69, 9.17) is 5.11 Å². The van der Waals surface area contributed by atoms with Crippen LogP contribution in [0, 0.1) is 0 Å². The van der Waals surface area contributed by atoms with Crippen molar-refractivity contribution in [1.82, 2.24) is 5.32 Å². The average Bonchev–Trinajstić information content (AvgIpc) is 2.35. The minimum Gasteiger partial charge on any atom is -0.395 e. The van der Waals surface area contributed by atoms with Crippen LogP contribution >= 0.6 is 0 Å². The monoisotopic (exact) mass is 236 g/mol. The quantitative estimate of drug-likeness (QED) is 0.794. The fourth-order valence-electron chi connectivity index (χ4n) is 1.81. The molecule has 0 radical (unpaired) electrons. The van der Waals surface area contributed by atoms with Crippen LogP contribution in [0.15, 0.2) is 24.3 Å². The van der Waals surface area contributed by atoms with Crippen molar-refractivity contribution < 1.29 is 5.11 Å². The number of aliphatic hydroxyl groups excluding tert-OH is 1. The summed E-state index contributed by atoms with van der Waals surface area (Å²) in [4.78, 5) is 2.09. The van der Waals surface area contributed by atoms with Gasteiger partial charge in [0.25, 0.3) is 0 Å². The van der Waals surface area contributed by atoms with Crippen molar-refractivity contribution in [3.63, 3.8) is 0 Å². The number of aliphatic hydroxyl groups is 1. The fourth-order valence-corrected chi connectivity index (χ4v) is 1.81. The Kier molecular flexibility index (Phi) is 5.45. The van der Waals surface area contributed by atoms with Gasteiger partial charge in [-0.2, -0.15) is 0 Å². The van der Waals surface area contributed by atoms with Gasteiger partial charge >= 0.3 is 0 Å². The standard InChI is InChI=1S/C14H24N2O/c1-5-13(10-17)15-11(2)12-6-8-14(9-7-12)16(3)4/h6-9,11,13,15,17H,5,10H2,1-4H3/t11?,13-/m0/s1. The van der Waals surface area contributed by atoms with Gasteiger partial charge in [-0.3, -0.25) is 0 Å². The van der Waals surface area contributed by atoms with Crippen LogP contribution in [0.4, 0.5) is 5.69 Å². The van der Waals surface area contributed by atoms with E-state index in [0.717, 1.165) is 6.42 Å². The summed E-state index contributed by atoms with van der Waals surface area (Å²) in [7, 11) is 4.07. The zero-order valence-electron chi connectivity index (χ0n) is 11.3. The molecule has 0 aliphatic carbocycles. The molecule has 96 valence electrons. The van der Waals surface area contributed by atoms with Crippen molar-refractivity contribution in [3.8, 4) is 0 Å². The Morgan fingerprint density at radius 2 is 1.82 bits per heavy atom. The minimum atomic E-state index is 0.179. The van der Waals surface area contributed by atoms with E-state index in [-0.39, 0.29) is 18.7 Å². The molecule has 0 aromatic heterocycles. The highest BCUT2D eigenvalue weighted by Gasteiger charge is 2.10. The molecule has 0 aliphatic rings. The minimum absolute atomic E-state index is 0.179. The lowest BCUT2D eigenvalue weighted by atomic mass is 10.1. The number of hydrogen-bond donors (Lipinski definition) is 2. The molecule has 1 aromatic rings. The number of anilines is 1. The van der Waals surface area contributed by atoms with E-state index in [1.165, 1.54) is 11.3 Å². The second-order valence-corrected chi connectivity index (χ2v) is 4.66. The van der Waals surface area contributed by atoms with Crippen molar-refractivity contribution in [2.75, 3.05) is 25.6 Å². The third-order valence-electron chi connectivity index (χ3n) is 3.11. The molecule has 0 fully saturated rings. The smallest absolute Gasteiger partial charge is 0.0584 e. The van der Waals surface area contributed by atoms with Crippen LogP contribution < -0.4 is 10.2 Å². The molecule has 0 saturated carbocycles. The molecule has 2 atom stereocenters. The Morgan fingerprint density at radius 1 is 1.24 bits per heavy atom. The van der Waals surface area contributed by atoms with Crippen LogP contribution in [-0.4, -0.2) is 31.9 Å². The topological polar surface area (TPSA) is 35.5 Å². The van der Waals surface area contributed by atoms with Crippen molar-refractivity contribution in [2.24, 2.45) is 0 Å². The van der Waals surface area contributed by atoms with Crippen LogP contribution in [-0.2, 0) is 0 Å². The number of nitrogens with one attached hydrogen (secondary N) is 1. The highest BCUT2D eigenvalue weighted by molar-refractivity contribution is 5.46. The fraction of sp³-hybridized carbons (Fsp3) is 0.571. The van der Waals surface area contributed by atoms with Gasteiger partial charge in [0, 0.05) is 31.9 Å². The molecule has 17 heavy (non-hydrogen) atoms. The van der Waals surface area contributed by atoms with Gasteiger partial charge in [-0.15, -0.1) is 0 Å². The van der Waals surface area contributed by atoms with E-state index in [1.54, 1.807) is 0 Å². The van der Waals surface area contributed by atoms with Gasteiger partial charge in [0.2, 0.25) is 0 Å². The first-order chi connectivity index (χ1) is 8.08. The van der Waals surface area contributed by atoms with Gasteiger partial charge in [0.1, 0.15) is 0 Å². The number of nitrogens with zero attached hydrogens (tertiary/aromatic N) is 1. The molecule has 2 N–H and O–H groups in total. The molecule has 1 rings (SSSR count). The Balaban J connectivity index is 2.66. The first-order valence-electron chi connectivity index (χ1n) is 6.22. The van der Waals surface area contributed by atoms with Crippen LogP contribution in [0.1, 0.15) is 31.9 Å². The van der Waals surface area contributed by atoms with E-state index in [1.807, 2.05) is 14.1 Å². The highest BCUT2D eigenvalue weighted by Crippen LogP contribution is 2.18. The number of hydrogen-bond acceptors (Lipinski definition) is 3. The lowest BCUT2D eigenvalue weighted by Gasteiger charge is -2.21. The summed E-state index contributed by atoms with van der Waals surface area (Å²) in [5.74, 6) is 0. The van der Waals surface area contributed by atoms with Crippen molar-refractivity contribution in [3.05, 3.63) is 29.8 Å². The van der Waals surface area contributed by atoms with Gasteiger partial charge in [-0.05, 0) is 31.0 Å². The van der Waals surface area contributed by atoms with Gasteiger partial charge in [-0.25, -0.2) is 0 Å². The summed E-state index contributed by atoms with van der Waals surface area (Å²) in [6, 6.07) is 8.96. The summed E-state index contributed by atoms with van der Waals surface area (Å²) in [5, 5.41) is 12.6. The molecule has 3 heteroatoms. The van der Waals surface area contributed by atoms with Crippen molar-refractivity contribution >= 4 is 5.69 Å². The third kappa shape index (κ3) is 4.02. The zero-order valence-corrected chi connectivity index (χ0v) is 11.3. The molecule has 0 spiro atoms.